The molecule has 0 N–H and O–H groups in total. The molecule has 0 spiro atoms. The Morgan fingerprint density at radius 1 is 0.763 bits per heavy atom. The molecule has 0 unspecified atom stereocenters. The number of para-hydroxylation sites is 1. The maximum Gasteiger partial charge on any atom is 0.262 e. The summed E-state index contributed by atoms with van der Waals surface area (Å²) in [6.45, 7) is 2.43. The SMILES string of the molecule is COc1ccc(CN2CCC(N(C(=O)c3ccccc3OC)c3ccc(OC)c(OC)c3)CC2)c(OC)c1. The van der Waals surface area contributed by atoms with E-state index in [9.17, 15) is 4.79 Å². The van der Waals surface area contributed by atoms with Gasteiger partial charge < -0.3 is 28.6 Å². The lowest BCUT2D eigenvalue weighted by molar-refractivity contribution is 0.0955. The molecule has 0 atom stereocenters. The van der Waals surface area contributed by atoms with Crippen molar-refractivity contribution in [1.29, 1.82) is 0 Å². The molecule has 0 saturated carbocycles. The summed E-state index contributed by atoms with van der Waals surface area (Å²) in [6, 6.07) is 18.8. The van der Waals surface area contributed by atoms with Crippen molar-refractivity contribution in [3.05, 3.63) is 71.8 Å². The number of rotatable bonds is 10. The molecule has 1 aliphatic heterocycles. The molecular weight excluding hydrogens is 484 g/mol. The number of ether oxygens (including phenoxy) is 5. The monoisotopic (exact) mass is 520 g/mol. The number of methoxy groups -OCH3 is 5. The smallest absolute Gasteiger partial charge is 0.262 e. The molecule has 1 saturated heterocycles. The lowest BCUT2D eigenvalue weighted by Crippen LogP contribution is -2.47. The number of hydrogen-bond acceptors (Lipinski definition) is 7. The molecule has 1 amide bonds. The maximum absolute atomic E-state index is 14.0. The van der Waals surface area contributed by atoms with Gasteiger partial charge in [0.15, 0.2) is 11.5 Å². The quantitative estimate of drug-likeness (QED) is 0.371. The first-order valence-corrected chi connectivity index (χ1v) is 12.6. The molecule has 3 aromatic rings. The fraction of sp³-hybridized carbons (Fsp3) is 0.367. The number of benzene rings is 3. The van der Waals surface area contributed by atoms with Crippen LogP contribution in [0.4, 0.5) is 5.69 Å². The molecule has 4 rings (SSSR count). The van der Waals surface area contributed by atoms with Gasteiger partial charge in [-0.1, -0.05) is 18.2 Å². The van der Waals surface area contributed by atoms with Gasteiger partial charge in [-0.25, -0.2) is 0 Å². The lowest BCUT2D eigenvalue weighted by atomic mass is 9.99. The second-order valence-electron chi connectivity index (χ2n) is 9.10. The third kappa shape index (κ3) is 5.81. The Kier molecular flexibility index (Phi) is 8.97. The second kappa shape index (κ2) is 12.6. The minimum absolute atomic E-state index is 0.000439. The van der Waals surface area contributed by atoms with Gasteiger partial charge in [-0.2, -0.15) is 0 Å². The fourth-order valence-corrected chi connectivity index (χ4v) is 4.98. The van der Waals surface area contributed by atoms with Gasteiger partial charge in [-0.15, -0.1) is 0 Å². The van der Waals surface area contributed by atoms with Crippen LogP contribution in [-0.2, 0) is 6.54 Å². The second-order valence-corrected chi connectivity index (χ2v) is 9.10. The summed E-state index contributed by atoms with van der Waals surface area (Å²) in [5, 5.41) is 0. The van der Waals surface area contributed by atoms with Gasteiger partial charge in [0.05, 0.1) is 41.1 Å². The minimum atomic E-state index is -0.107. The summed E-state index contributed by atoms with van der Waals surface area (Å²) >= 11 is 0. The first kappa shape index (κ1) is 27.1. The summed E-state index contributed by atoms with van der Waals surface area (Å²) in [4.78, 5) is 18.3. The van der Waals surface area contributed by atoms with Gasteiger partial charge in [0.25, 0.3) is 5.91 Å². The van der Waals surface area contributed by atoms with Crippen LogP contribution in [0.1, 0.15) is 28.8 Å². The number of piperidine rings is 1. The third-order valence-electron chi connectivity index (χ3n) is 7.01. The van der Waals surface area contributed by atoms with Crippen molar-refractivity contribution in [3.8, 4) is 28.7 Å². The number of hydrogen-bond donors (Lipinski definition) is 0. The standard InChI is InChI=1S/C30H36N2O6/c1-34-24-12-10-21(28(19-24)37-4)20-31-16-14-22(15-17-31)32(23-11-13-27(36-3)29(18-23)38-5)30(33)25-8-6-7-9-26(25)35-2/h6-13,18-19,22H,14-17,20H2,1-5H3. The highest BCUT2D eigenvalue weighted by Gasteiger charge is 2.32. The average Bonchev–Trinajstić information content (AvgIpc) is 2.98. The van der Waals surface area contributed by atoms with Crippen LogP contribution in [0.25, 0.3) is 0 Å². The van der Waals surface area contributed by atoms with E-state index in [2.05, 4.69) is 4.90 Å². The zero-order valence-corrected chi connectivity index (χ0v) is 22.7. The van der Waals surface area contributed by atoms with Crippen molar-refractivity contribution in [2.75, 3.05) is 53.5 Å². The van der Waals surface area contributed by atoms with Gasteiger partial charge in [0.2, 0.25) is 0 Å². The summed E-state index contributed by atoms with van der Waals surface area (Å²) < 4.78 is 27.4. The molecule has 1 aliphatic rings. The molecule has 0 aliphatic carbocycles. The summed E-state index contributed by atoms with van der Waals surface area (Å²) in [6.07, 6.45) is 1.63. The van der Waals surface area contributed by atoms with E-state index < -0.39 is 0 Å². The molecule has 1 fully saturated rings. The van der Waals surface area contributed by atoms with E-state index >= 15 is 0 Å². The summed E-state index contributed by atoms with van der Waals surface area (Å²) in [5.41, 5.74) is 2.39. The number of likely N-dealkylation sites (tertiary alicyclic amines) is 1. The van der Waals surface area contributed by atoms with Crippen molar-refractivity contribution in [1.82, 2.24) is 4.90 Å². The van der Waals surface area contributed by atoms with Crippen molar-refractivity contribution in [3.63, 3.8) is 0 Å². The van der Waals surface area contributed by atoms with Crippen molar-refractivity contribution < 1.29 is 28.5 Å². The topological polar surface area (TPSA) is 69.7 Å². The van der Waals surface area contributed by atoms with E-state index in [1.54, 1.807) is 41.6 Å². The van der Waals surface area contributed by atoms with Crippen LogP contribution in [-0.4, -0.2) is 65.5 Å². The van der Waals surface area contributed by atoms with E-state index in [0.29, 0.717) is 22.8 Å². The van der Waals surface area contributed by atoms with Gasteiger partial charge >= 0.3 is 0 Å². The molecular formula is C30H36N2O6. The van der Waals surface area contributed by atoms with Crippen LogP contribution in [0.3, 0.4) is 0 Å². The number of anilines is 1. The van der Waals surface area contributed by atoms with Gasteiger partial charge in [0.1, 0.15) is 17.2 Å². The fourth-order valence-electron chi connectivity index (χ4n) is 4.98. The highest BCUT2D eigenvalue weighted by atomic mass is 16.5. The first-order valence-electron chi connectivity index (χ1n) is 12.6. The van der Waals surface area contributed by atoms with Gasteiger partial charge in [-0.3, -0.25) is 9.69 Å². The Labute approximate surface area is 224 Å². The molecule has 1 heterocycles. The number of amides is 1. The molecule has 3 aromatic carbocycles. The maximum atomic E-state index is 14.0. The molecule has 38 heavy (non-hydrogen) atoms. The van der Waals surface area contributed by atoms with Crippen LogP contribution in [0.5, 0.6) is 28.7 Å². The zero-order chi connectivity index (χ0) is 27.1. The molecule has 8 heteroatoms. The lowest BCUT2D eigenvalue weighted by Gasteiger charge is -2.39. The predicted molar refractivity (Wildman–Crippen MR) is 147 cm³/mol. The van der Waals surface area contributed by atoms with Gasteiger partial charge in [-0.05, 0) is 43.2 Å². The molecule has 0 radical (unpaired) electrons. The molecule has 8 nitrogen and oxygen atoms in total. The Morgan fingerprint density at radius 3 is 2.11 bits per heavy atom. The molecule has 202 valence electrons. The van der Waals surface area contributed by atoms with E-state index in [1.165, 1.54) is 0 Å². The number of carbonyl (C=O) groups excluding carboxylic acids is 1. The summed E-state index contributed by atoms with van der Waals surface area (Å²) in [5.74, 6) is 3.21. The van der Waals surface area contributed by atoms with Crippen LogP contribution in [0, 0.1) is 0 Å². The summed E-state index contributed by atoms with van der Waals surface area (Å²) in [7, 11) is 8.10. The molecule has 0 bridgehead atoms. The zero-order valence-electron chi connectivity index (χ0n) is 22.7. The number of carbonyl (C=O) groups is 1. The van der Waals surface area contributed by atoms with Crippen molar-refractivity contribution in [2.45, 2.75) is 25.4 Å². The highest BCUT2D eigenvalue weighted by molar-refractivity contribution is 6.08. The van der Waals surface area contributed by atoms with Crippen molar-refractivity contribution >= 4 is 11.6 Å². The first-order chi connectivity index (χ1) is 18.5. The van der Waals surface area contributed by atoms with Gasteiger partial charge in [0, 0.05) is 49.1 Å². The number of nitrogens with zero attached hydrogens (tertiary/aromatic N) is 2. The van der Waals surface area contributed by atoms with E-state index in [-0.39, 0.29) is 11.9 Å². The van der Waals surface area contributed by atoms with Crippen molar-refractivity contribution in [2.24, 2.45) is 0 Å². The predicted octanol–water partition coefficient (Wildman–Crippen LogP) is 5.04. The van der Waals surface area contributed by atoms with Crippen LogP contribution in [0.2, 0.25) is 0 Å². The Bertz CT molecular complexity index is 1240. The minimum Gasteiger partial charge on any atom is -0.497 e. The van der Waals surface area contributed by atoms with E-state index in [1.807, 2.05) is 59.5 Å². The highest BCUT2D eigenvalue weighted by Crippen LogP contribution is 2.36. The van der Waals surface area contributed by atoms with Crippen LogP contribution < -0.4 is 28.6 Å². The third-order valence-corrected chi connectivity index (χ3v) is 7.01. The Balaban J connectivity index is 1.59. The van der Waals surface area contributed by atoms with E-state index in [0.717, 1.165) is 55.2 Å². The van der Waals surface area contributed by atoms with Crippen LogP contribution in [0.15, 0.2) is 60.7 Å². The molecule has 0 aromatic heterocycles. The van der Waals surface area contributed by atoms with E-state index in [4.69, 9.17) is 23.7 Å². The van der Waals surface area contributed by atoms with Crippen LogP contribution >= 0.6 is 0 Å². The largest absolute Gasteiger partial charge is 0.497 e. The Hall–Kier alpha value is -3.91. The normalized spacial score (nSPS) is 14.0. The Morgan fingerprint density at radius 2 is 1.45 bits per heavy atom. The average molecular weight is 521 g/mol.